The van der Waals surface area contributed by atoms with E-state index in [-0.39, 0.29) is 0 Å². The Labute approximate surface area is 110 Å². The Morgan fingerprint density at radius 3 is 2.26 bits per heavy atom. The van der Waals surface area contributed by atoms with E-state index in [0.717, 1.165) is 28.0 Å². The number of methoxy groups -OCH3 is 1. The number of aromatic amines is 2. The number of ether oxygens (including phenoxy) is 1. The molecule has 100 valence electrons. The number of rotatable bonds is 2. The zero-order valence-corrected chi connectivity index (χ0v) is 11.4. The molecular weight excluding hydrogens is 244 g/mol. The topological polar surface area (TPSA) is 75.0 Å². The molecule has 0 amide bonds. The standard InChI is InChI=1S/C14H16N2O3/c1-7-5-10(8(2)9(3)13(7)19-4)11-6-12(17)16-14(18)15-11/h5-6H,1-4H3,(H2,15,16,17,18). The van der Waals surface area contributed by atoms with E-state index in [9.17, 15) is 9.59 Å². The van der Waals surface area contributed by atoms with Gasteiger partial charge in [-0.1, -0.05) is 0 Å². The number of aryl methyl sites for hydroxylation is 1. The normalized spacial score (nSPS) is 10.5. The Kier molecular flexibility index (Phi) is 3.29. The number of H-pyrrole nitrogens is 2. The van der Waals surface area contributed by atoms with Gasteiger partial charge in [0.15, 0.2) is 0 Å². The van der Waals surface area contributed by atoms with E-state index >= 15 is 0 Å². The van der Waals surface area contributed by atoms with E-state index in [1.54, 1.807) is 7.11 Å². The van der Waals surface area contributed by atoms with E-state index in [2.05, 4.69) is 9.97 Å². The van der Waals surface area contributed by atoms with Crippen LogP contribution in [-0.2, 0) is 0 Å². The van der Waals surface area contributed by atoms with Crippen LogP contribution in [0.2, 0.25) is 0 Å². The lowest BCUT2D eigenvalue weighted by Crippen LogP contribution is -2.21. The van der Waals surface area contributed by atoms with Crippen molar-refractivity contribution in [1.82, 2.24) is 9.97 Å². The number of hydrogen-bond acceptors (Lipinski definition) is 3. The Morgan fingerprint density at radius 2 is 1.68 bits per heavy atom. The molecule has 2 N–H and O–H groups in total. The summed E-state index contributed by atoms with van der Waals surface area (Å²) in [4.78, 5) is 27.5. The highest BCUT2D eigenvalue weighted by molar-refractivity contribution is 5.68. The smallest absolute Gasteiger partial charge is 0.326 e. The van der Waals surface area contributed by atoms with Crippen LogP contribution in [0.15, 0.2) is 21.7 Å². The van der Waals surface area contributed by atoms with Crippen LogP contribution < -0.4 is 16.0 Å². The van der Waals surface area contributed by atoms with Crippen LogP contribution in [0, 0.1) is 20.8 Å². The van der Waals surface area contributed by atoms with Crippen molar-refractivity contribution in [2.45, 2.75) is 20.8 Å². The molecule has 0 radical (unpaired) electrons. The van der Waals surface area contributed by atoms with E-state index in [1.807, 2.05) is 26.8 Å². The van der Waals surface area contributed by atoms with Crippen molar-refractivity contribution < 1.29 is 4.74 Å². The third kappa shape index (κ3) is 2.31. The predicted octanol–water partition coefficient (Wildman–Crippen LogP) is 1.66. The molecule has 19 heavy (non-hydrogen) atoms. The van der Waals surface area contributed by atoms with E-state index in [4.69, 9.17) is 4.74 Å². The molecule has 1 aromatic carbocycles. The Balaban J connectivity index is 2.76. The molecule has 0 spiro atoms. The first-order valence-corrected chi connectivity index (χ1v) is 5.93. The van der Waals surface area contributed by atoms with Crippen LogP contribution in [0.1, 0.15) is 16.7 Å². The summed E-state index contributed by atoms with van der Waals surface area (Å²) in [6.45, 7) is 5.82. The average Bonchev–Trinajstić information content (AvgIpc) is 2.33. The van der Waals surface area contributed by atoms with E-state index < -0.39 is 11.2 Å². The van der Waals surface area contributed by atoms with Gasteiger partial charge < -0.3 is 9.72 Å². The van der Waals surface area contributed by atoms with Gasteiger partial charge in [-0.05, 0) is 43.5 Å². The van der Waals surface area contributed by atoms with Gasteiger partial charge in [0, 0.05) is 11.6 Å². The van der Waals surface area contributed by atoms with Gasteiger partial charge in [-0.15, -0.1) is 0 Å². The van der Waals surface area contributed by atoms with Crippen LogP contribution in [-0.4, -0.2) is 17.1 Å². The number of aromatic nitrogens is 2. The molecule has 0 aliphatic heterocycles. The Morgan fingerprint density at radius 1 is 1.00 bits per heavy atom. The first kappa shape index (κ1) is 13.1. The summed E-state index contributed by atoms with van der Waals surface area (Å²) in [6.07, 6.45) is 0. The molecule has 0 aliphatic rings. The summed E-state index contributed by atoms with van der Waals surface area (Å²) in [5, 5.41) is 0. The molecule has 2 rings (SSSR count). The fourth-order valence-electron chi connectivity index (χ4n) is 2.27. The summed E-state index contributed by atoms with van der Waals surface area (Å²) in [7, 11) is 1.63. The van der Waals surface area contributed by atoms with Crippen molar-refractivity contribution >= 4 is 0 Å². The zero-order valence-electron chi connectivity index (χ0n) is 11.4. The van der Waals surface area contributed by atoms with Crippen LogP contribution in [0.4, 0.5) is 0 Å². The quantitative estimate of drug-likeness (QED) is 0.862. The third-order valence-corrected chi connectivity index (χ3v) is 3.28. The van der Waals surface area contributed by atoms with Crippen LogP contribution in [0.5, 0.6) is 5.75 Å². The molecule has 0 fully saturated rings. The maximum atomic E-state index is 11.4. The Bertz CT molecular complexity index is 713. The van der Waals surface area contributed by atoms with Crippen molar-refractivity contribution in [2.24, 2.45) is 0 Å². The lowest BCUT2D eigenvalue weighted by Gasteiger charge is -2.15. The van der Waals surface area contributed by atoms with Gasteiger partial charge in [0.25, 0.3) is 5.56 Å². The van der Waals surface area contributed by atoms with E-state index in [0.29, 0.717) is 5.69 Å². The fraction of sp³-hybridized carbons (Fsp3) is 0.286. The maximum absolute atomic E-state index is 11.4. The van der Waals surface area contributed by atoms with Crippen molar-refractivity contribution in [3.05, 3.63) is 49.7 Å². The Hall–Kier alpha value is -2.30. The lowest BCUT2D eigenvalue weighted by molar-refractivity contribution is 0.408. The highest BCUT2D eigenvalue weighted by atomic mass is 16.5. The predicted molar refractivity (Wildman–Crippen MR) is 73.9 cm³/mol. The zero-order chi connectivity index (χ0) is 14.2. The van der Waals surface area contributed by atoms with Crippen LogP contribution in [0.3, 0.4) is 0 Å². The van der Waals surface area contributed by atoms with Crippen LogP contribution >= 0.6 is 0 Å². The van der Waals surface area contributed by atoms with Crippen molar-refractivity contribution in [2.75, 3.05) is 7.11 Å². The number of hydrogen-bond donors (Lipinski definition) is 2. The average molecular weight is 260 g/mol. The molecule has 0 atom stereocenters. The molecular formula is C14H16N2O3. The second-order valence-electron chi connectivity index (χ2n) is 4.53. The first-order chi connectivity index (χ1) is 8.93. The molecule has 5 nitrogen and oxygen atoms in total. The van der Waals surface area contributed by atoms with Gasteiger partial charge in [-0.3, -0.25) is 9.78 Å². The summed E-state index contributed by atoms with van der Waals surface area (Å²) in [5.41, 5.74) is 3.36. The van der Waals surface area contributed by atoms with Crippen molar-refractivity contribution in [3.63, 3.8) is 0 Å². The molecule has 0 unspecified atom stereocenters. The molecule has 0 saturated heterocycles. The van der Waals surface area contributed by atoms with Gasteiger partial charge in [0.05, 0.1) is 12.8 Å². The lowest BCUT2D eigenvalue weighted by atomic mass is 9.96. The molecule has 5 heteroatoms. The summed E-state index contributed by atoms with van der Waals surface area (Å²) in [5.74, 6) is 0.827. The molecule has 0 bridgehead atoms. The first-order valence-electron chi connectivity index (χ1n) is 5.93. The number of nitrogens with one attached hydrogen (secondary N) is 2. The molecule has 1 aromatic heterocycles. The molecule has 0 aliphatic carbocycles. The van der Waals surface area contributed by atoms with Gasteiger partial charge in [-0.2, -0.15) is 0 Å². The summed E-state index contributed by atoms with van der Waals surface area (Å²) < 4.78 is 5.36. The van der Waals surface area contributed by atoms with Crippen molar-refractivity contribution in [3.8, 4) is 17.0 Å². The number of benzene rings is 1. The highest BCUT2D eigenvalue weighted by Crippen LogP contribution is 2.32. The fourth-order valence-corrected chi connectivity index (χ4v) is 2.27. The minimum Gasteiger partial charge on any atom is -0.496 e. The maximum Gasteiger partial charge on any atom is 0.326 e. The van der Waals surface area contributed by atoms with Crippen molar-refractivity contribution in [1.29, 1.82) is 0 Å². The third-order valence-electron chi connectivity index (χ3n) is 3.28. The van der Waals surface area contributed by atoms with Gasteiger partial charge >= 0.3 is 5.69 Å². The second kappa shape index (κ2) is 4.76. The summed E-state index contributed by atoms with van der Waals surface area (Å²) >= 11 is 0. The minimum absolute atomic E-state index is 0.413. The minimum atomic E-state index is -0.506. The van der Waals surface area contributed by atoms with Crippen LogP contribution in [0.25, 0.3) is 11.3 Å². The van der Waals surface area contributed by atoms with Gasteiger partial charge in [-0.25, -0.2) is 4.79 Å². The molecule has 2 aromatic rings. The van der Waals surface area contributed by atoms with Gasteiger partial charge in [0.2, 0.25) is 0 Å². The SMILES string of the molecule is COc1c(C)cc(-c2cc(=O)[nH]c(=O)[nH]2)c(C)c1C. The monoisotopic (exact) mass is 260 g/mol. The largest absolute Gasteiger partial charge is 0.496 e. The molecule has 1 heterocycles. The second-order valence-corrected chi connectivity index (χ2v) is 4.53. The van der Waals surface area contributed by atoms with Gasteiger partial charge in [0.1, 0.15) is 5.75 Å². The molecule has 0 saturated carbocycles. The highest BCUT2D eigenvalue weighted by Gasteiger charge is 2.13. The van der Waals surface area contributed by atoms with E-state index in [1.165, 1.54) is 6.07 Å². The summed E-state index contributed by atoms with van der Waals surface area (Å²) in [6, 6.07) is 3.29.